The Kier molecular flexibility index (Phi) is 36.7. The van der Waals surface area contributed by atoms with Gasteiger partial charge >= 0.3 is 11.9 Å². The Morgan fingerprint density at radius 3 is 1.07 bits per heavy atom. The molecule has 0 aromatic rings. The summed E-state index contributed by atoms with van der Waals surface area (Å²) in [7, 11) is 8.35. The Morgan fingerprint density at radius 2 is 0.862 bits per heavy atom. The third-order valence-electron chi connectivity index (χ3n) is 3.98. The maximum Gasteiger partial charge on any atom is 0.303 e. The first-order valence-electron chi connectivity index (χ1n) is 10.9. The van der Waals surface area contributed by atoms with Gasteiger partial charge < -0.3 is 20.0 Å². The smallest absolute Gasteiger partial charge is 0.303 e. The van der Waals surface area contributed by atoms with Crippen LogP contribution in [0.3, 0.4) is 0 Å². The molecule has 172 valence electrons. The van der Waals surface area contributed by atoms with Crippen LogP contribution in [0.2, 0.25) is 0 Å². The molecule has 0 radical (unpaired) electrons. The molecule has 0 amide bonds. The van der Waals surface area contributed by atoms with Crippen molar-refractivity contribution in [2.45, 2.75) is 90.9 Å². The van der Waals surface area contributed by atoms with Crippen LogP contribution in [0.1, 0.15) is 90.9 Å². The van der Waals surface area contributed by atoms with E-state index in [0.717, 1.165) is 38.8 Å². The molecule has 0 bridgehead atoms. The van der Waals surface area contributed by atoms with E-state index in [4.69, 9.17) is 10.2 Å². The molecule has 0 aliphatic heterocycles. The van der Waals surface area contributed by atoms with Crippen molar-refractivity contribution >= 4 is 11.9 Å². The second-order valence-corrected chi connectivity index (χ2v) is 7.72. The molecule has 0 fully saturated rings. The van der Waals surface area contributed by atoms with Crippen LogP contribution in [0.5, 0.6) is 0 Å². The molecular weight excluding hydrogens is 422 g/mol. The van der Waals surface area contributed by atoms with Crippen molar-refractivity contribution in [3.05, 3.63) is 0 Å². The van der Waals surface area contributed by atoms with Gasteiger partial charge in [-0.15, -0.1) is 0 Å². The van der Waals surface area contributed by atoms with E-state index >= 15 is 0 Å². The Bertz CT molecular complexity index is 309. The Hall–Kier alpha value is -0.517. The van der Waals surface area contributed by atoms with E-state index in [2.05, 4.69) is 51.8 Å². The first-order valence-corrected chi connectivity index (χ1v) is 10.9. The van der Waals surface area contributed by atoms with Gasteiger partial charge in [-0.25, -0.2) is 0 Å². The number of aliphatic carboxylic acids is 2. The van der Waals surface area contributed by atoms with Crippen LogP contribution in [0.15, 0.2) is 0 Å². The second-order valence-electron chi connectivity index (χ2n) is 7.72. The molecule has 0 spiro atoms. The summed E-state index contributed by atoms with van der Waals surface area (Å²) >= 11 is 0. The molecule has 0 saturated carbocycles. The normalized spacial score (nSPS) is 9.79. The zero-order valence-electron chi connectivity index (χ0n) is 20.2. The Labute approximate surface area is 193 Å². The molecule has 0 aromatic heterocycles. The number of carboxylic acids is 2. The second kappa shape index (κ2) is 29.7. The standard InChI is InChI=1S/2C8H16O2.C6H16N2.Zn/c2*1-2-3-4-5-6-7-8(9)10;1-7(2)5-6-8(3)4;/h2*2-7H2,1H3,(H,9,10);5-6H2,1-4H3;. The summed E-state index contributed by atoms with van der Waals surface area (Å²) in [6.07, 6.45) is 11.8. The van der Waals surface area contributed by atoms with Crippen LogP contribution < -0.4 is 0 Å². The van der Waals surface area contributed by atoms with E-state index < -0.39 is 11.9 Å². The van der Waals surface area contributed by atoms with Crippen LogP contribution in [0.25, 0.3) is 0 Å². The predicted octanol–water partition coefficient (Wildman–Crippen LogP) is 4.97. The summed E-state index contributed by atoms with van der Waals surface area (Å²) in [5.41, 5.74) is 0. The first kappa shape index (κ1) is 35.9. The quantitative estimate of drug-likeness (QED) is 0.260. The molecule has 0 rings (SSSR count). The maximum atomic E-state index is 10.0. The Balaban J connectivity index is -0.000000160. The minimum Gasteiger partial charge on any atom is -0.481 e. The van der Waals surface area contributed by atoms with Crippen molar-refractivity contribution in [1.82, 2.24) is 9.80 Å². The molecule has 0 aliphatic carbocycles. The van der Waals surface area contributed by atoms with Crippen molar-refractivity contribution in [2.24, 2.45) is 0 Å². The average Bonchev–Trinajstić information content (AvgIpc) is 2.60. The molecule has 0 atom stereocenters. The molecule has 29 heavy (non-hydrogen) atoms. The van der Waals surface area contributed by atoms with Gasteiger partial charge in [-0.3, -0.25) is 9.59 Å². The van der Waals surface area contributed by atoms with Gasteiger partial charge in [0.05, 0.1) is 0 Å². The van der Waals surface area contributed by atoms with E-state index in [0.29, 0.717) is 12.8 Å². The van der Waals surface area contributed by atoms with Crippen LogP contribution in [0, 0.1) is 0 Å². The fourth-order valence-electron chi connectivity index (χ4n) is 2.16. The van der Waals surface area contributed by atoms with Gasteiger partial charge in [0.2, 0.25) is 0 Å². The monoisotopic (exact) mass is 468 g/mol. The van der Waals surface area contributed by atoms with Gasteiger partial charge in [0.1, 0.15) is 0 Å². The molecular formula is C22H48N2O4Zn. The van der Waals surface area contributed by atoms with E-state index in [-0.39, 0.29) is 19.5 Å². The van der Waals surface area contributed by atoms with Crippen molar-refractivity contribution in [1.29, 1.82) is 0 Å². The van der Waals surface area contributed by atoms with Gasteiger partial charge in [-0.05, 0) is 41.0 Å². The minimum absolute atomic E-state index is 0. The number of hydrogen-bond acceptors (Lipinski definition) is 4. The van der Waals surface area contributed by atoms with Gasteiger partial charge in [0.15, 0.2) is 0 Å². The average molecular weight is 470 g/mol. The van der Waals surface area contributed by atoms with E-state index in [1.807, 2.05) is 0 Å². The number of rotatable bonds is 15. The maximum absolute atomic E-state index is 10.0. The number of nitrogens with zero attached hydrogens (tertiary/aromatic N) is 2. The van der Waals surface area contributed by atoms with Gasteiger partial charge in [0, 0.05) is 45.4 Å². The molecule has 2 N–H and O–H groups in total. The predicted molar refractivity (Wildman–Crippen MR) is 119 cm³/mol. The van der Waals surface area contributed by atoms with Crippen molar-refractivity contribution in [3.8, 4) is 0 Å². The summed E-state index contributed by atoms with van der Waals surface area (Å²) < 4.78 is 0. The summed E-state index contributed by atoms with van der Waals surface area (Å²) in [6.45, 7) is 6.59. The number of hydrogen-bond donors (Lipinski definition) is 2. The van der Waals surface area contributed by atoms with Crippen LogP contribution >= 0.6 is 0 Å². The largest absolute Gasteiger partial charge is 0.481 e. The molecule has 0 saturated heterocycles. The van der Waals surface area contributed by atoms with Crippen molar-refractivity contribution < 1.29 is 39.3 Å². The molecule has 0 aromatic carbocycles. The van der Waals surface area contributed by atoms with Gasteiger partial charge in [-0.1, -0.05) is 65.2 Å². The molecule has 6 nitrogen and oxygen atoms in total. The van der Waals surface area contributed by atoms with Crippen molar-refractivity contribution in [2.75, 3.05) is 41.3 Å². The third-order valence-corrected chi connectivity index (χ3v) is 3.98. The summed E-state index contributed by atoms with van der Waals surface area (Å²) in [5.74, 6) is -1.34. The molecule has 7 heteroatoms. The SMILES string of the molecule is CCCCCCCC(=O)O.CCCCCCCC(=O)O.CN(C)CCN(C)C.[Zn]. The first-order chi connectivity index (χ1) is 13.2. The number of likely N-dealkylation sites (N-methyl/N-ethyl adjacent to an activating group) is 2. The Morgan fingerprint density at radius 1 is 0.586 bits per heavy atom. The van der Waals surface area contributed by atoms with Crippen molar-refractivity contribution in [3.63, 3.8) is 0 Å². The summed E-state index contributed by atoms with van der Waals surface area (Å²) in [5, 5.41) is 16.5. The zero-order valence-corrected chi connectivity index (χ0v) is 23.2. The van der Waals surface area contributed by atoms with E-state index in [1.54, 1.807) is 0 Å². The van der Waals surface area contributed by atoms with Gasteiger partial charge in [0.25, 0.3) is 0 Å². The minimum atomic E-state index is -0.670. The molecule has 0 heterocycles. The van der Waals surface area contributed by atoms with E-state index in [1.165, 1.54) is 38.5 Å². The number of carbonyl (C=O) groups is 2. The fourth-order valence-corrected chi connectivity index (χ4v) is 2.16. The number of carboxylic acid groups (broad SMARTS) is 2. The topological polar surface area (TPSA) is 81.1 Å². The van der Waals surface area contributed by atoms with E-state index in [9.17, 15) is 9.59 Å². The molecule has 0 unspecified atom stereocenters. The molecule has 0 aliphatic rings. The fraction of sp³-hybridized carbons (Fsp3) is 0.909. The van der Waals surface area contributed by atoms with Crippen LogP contribution in [-0.2, 0) is 29.1 Å². The summed E-state index contributed by atoms with van der Waals surface area (Å²) in [6, 6.07) is 0. The third kappa shape index (κ3) is 52.2. The summed E-state index contributed by atoms with van der Waals surface area (Å²) in [4.78, 5) is 24.4. The van der Waals surface area contributed by atoms with Crippen LogP contribution in [0.4, 0.5) is 0 Å². The number of unbranched alkanes of at least 4 members (excludes halogenated alkanes) is 8. The van der Waals surface area contributed by atoms with Crippen LogP contribution in [-0.4, -0.2) is 73.2 Å². The van der Waals surface area contributed by atoms with Gasteiger partial charge in [-0.2, -0.15) is 0 Å². The zero-order chi connectivity index (χ0) is 22.2.